The topological polar surface area (TPSA) is 21.3 Å². The fourth-order valence-electron chi connectivity index (χ4n) is 2.44. The molecule has 0 radical (unpaired) electrons. The third-order valence-corrected chi connectivity index (χ3v) is 5.06. The van der Waals surface area contributed by atoms with Crippen LogP contribution < -0.4 is 10.1 Å². The predicted octanol–water partition coefficient (Wildman–Crippen LogP) is 4.98. The average molecular weight is 328 g/mol. The monoisotopic (exact) mass is 327 g/mol. The molecular weight excluding hydrogens is 313 g/mol. The van der Waals surface area contributed by atoms with Gasteiger partial charge in [0.15, 0.2) is 0 Å². The predicted molar refractivity (Wildman–Crippen MR) is 85.2 cm³/mol. The van der Waals surface area contributed by atoms with Crippen molar-refractivity contribution in [3.63, 3.8) is 0 Å². The van der Waals surface area contributed by atoms with Gasteiger partial charge >= 0.3 is 0 Å². The van der Waals surface area contributed by atoms with Gasteiger partial charge in [-0.25, -0.2) is 0 Å². The summed E-state index contributed by atoms with van der Waals surface area (Å²) in [5.74, 6) is 0.766. The number of halogens is 2. The number of hydrogen-bond donors (Lipinski definition) is 1. The first-order valence-electron chi connectivity index (χ1n) is 6.53. The van der Waals surface area contributed by atoms with Crippen LogP contribution in [-0.2, 0) is 6.54 Å². The van der Waals surface area contributed by atoms with Gasteiger partial charge in [0.1, 0.15) is 5.75 Å². The van der Waals surface area contributed by atoms with Crippen LogP contribution in [-0.4, -0.2) is 6.61 Å². The fraction of sp³-hybridized carbons (Fsp3) is 0.333. The van der Waals surface area contributed by atoms with Gasteiger partial charge in [-0.3, -0.25) is 0 Å². The van der Waals surface area contributed by atoms with Crippen LogP contribution in [0.15, 0.2) is 23.6 Å². The molecule has 0 saturated heterocycles. The molecule has 5 heteroatoms. The molecule has 0 fully saturated rings. The van der Waals surface area contributed by atoms with Crippen LogP contribution in [0.5, 0.6) is 5.75 Å². The highest BCUT2D eigenvalue weighted by Gasteiger charge is 2.24. The van der Waals surface area contributed by atoms with Crippen LogP contribution in [0.2, 0.25) is 10.0 Å². The molecular formula is C15H15Cl2NOS. The number of benzene rings is 1. The van der Waals surface area contributed by atoms with E-state index in [9.17, 15) is 0 Å². The zero-order valence-corrected chi connectivity index (χ0v) is 13.4. The lowest BCUT2D eigenvalue weighted by Gasteiger charge is -2.27. The van der Waals surface area contributed by atoms with E-state index in [1.54, 1.807) is 17.4 Å². The molecule has 1 aliphatic rings. The summed E-state index contributed by atoms with van der Waals surface area (Å²) in [7, 11) is 0. The molecule has 1 N–H and O–H groups in total. The minimum absolute atomic E-state index is 0.233. The van der Waals surface area contributed by atoms with E-state index in [-0.39, 0.29) is 6.04 Å². The lowest BCUT2D eigenvalue weighted by molar-refractivity contribution is 0.252. The summed E-state index contributed by atoms with van der Waals surface area (Å²) < 4.78 is 5.67. The Morgan fingerprint density at radius 1 is 1.40 bits per heavy atom. The molecule has 2 aromatic rings. The van der Waals surface area contributed by atoms with Crippen molar-refractivity contribution in [1.29, 1.82) is 0 Å². The highest BCUT2D eigenvalue weighted by Crippen LogP contribution is 2.40. The Balaban J connectivity index is 1.81. The molecule has 0 amide bonds. The van der Waals surface area contributed by atoms with Crippen LogP contribution in [0.4, 0.5) is 0 Å². The van der Waals surface area contributed by atoms with Gasteiger partial charge in [0.05, 0.1) is 11.6 Å². The van der Waals surface area contributed by atoms with Gasteiger partial charge < -0.3 is 10.1 Å². The van der Waals surface area contributed by atoms with Gasteiger partial charge in [0.2, 0.25) is 0 Å². The van der Waals surface area contributed by atoms with E-state index in [0.29, 0.717) is 16.7 Å². The number of aryl methyl sites for hydroxylation is 1. The Labute approximate surface area is 132 Å². The molecule has 1 atom stereocenters. The second-order valence-electron chi connectivity index (χ2n) is 4.90. The van der Waals surface area contributed by atoms with Crippen molar-refractivity contribution in [3.8, 4) is 5.75 Å². The normalized spacial score (nSPS) is 17.6. The summed E-state index contributed by atoms with van der Waals surface area (Å²) in [6.07, 6.45) is 0.925. The first-order valence-corrected chi connectivity index (χ1v) is 8.17. The lowest BCUT2D eigenvalue weighted by atomic mass is 10.0. The zero-order chi connectivity index (χ0) is 14.1. The van der Waals surface area contributed by atoms with Crippen LogP contribution in [0.1, 0.15) is 28.5 Å². The molecule has 0 saturated carbocycles. The van der Waals surface area contributed by atoms with Crippen LogP contribution in [0, 0.1) is 6.92 Å². The number of fused-ring (bicyclic) bond motifs is 1. The summed E-state index contributed by atoms with van der Waals surface area (Å²) in [6, 6.07) is 6.05. The van der Waals surface area contributed by atoms with Crippen molar-refractivity contribution in [3.05, 3.63) is 49.6 Å². The fourth-order valence-corrected chi connectivity index (χ4v) is 3.86. The number of rotatable bonds is 3. The third-order valence-electron chi connectivity index (χ3n) is 3.54. The summed E-state index contributed by atoms with van der Waals surface area (Å²) in [5, 5.41) is 6.95. The Hall–Kier alpha value is -0.740. The van der Waals surface area contributed by atoms with Gasteiger partial charge in [-0.15, -0.1) is 11.3 Å². The quantitative estimate of drug-likeness (QED) is 0.858. The van der Waals surface area contributed by atoms with Crippen molar-refractivity contribution in [2.45, 2.75) is 25.9 Å². The Kier molecular flexibility index (Phi) is 4.22. The van der Waals surface area contributed by atoms with Crippen LogP contribution in [0.3, 0.4) is 0 Å². The van der Waals surface area contributed by atoms with E-state index in [1.807, 2.05) is 6.07 Å². The molecule has 0 bridgehead atoms. The maximum atomic E-state index is 6.20. The Morgan fingerprint density at radius 3 is 3.00 bits per heavy atom. The van der Waals surface area contributed by atoms with E-state index in [2.05, 4.69) is 23.7 Å². The first-order chi connectivity index (χ1) is 9.65. The molecule has 1 aliphatic heterocycles. The number of thiophene rings is 1. The number of ether oxygens (including phenoxy) is 1. The second kappa shape index (κ2) is 5.94. The first kappa shape index (κ1) is 14.2. The minimum Gasteiger partial charge on any atom is -0.492 e. The molecule has 3 rings (SSSR count). The SMILES string of the molecule is Cc1ccsc1CNC1CCOc2c(Cl)cc(Cl)cc21. The lowest BCUT2D eigenvalue weighted by Crippen LogP contribution is -2.26. The minimum atomic E-state index is 0.233. The van der Waals surface area contributed by atoms with Crippen molar-refractivity contribution in [2.24, 2.45) is 0 Å². The molecule has 1 aromatic carbocycles. The molecule has 0 spiro atoms. The number of hydrogen-bond acceptors (Lipinski definition) is 3. The van der Waals surface area contributed by atoms with Gasteiger partial charge in [-0.2, -0.15) is 0 Å². The van der Waals surface area contributed by atoms with Crippen LogP contribution >= 0.6 is 34.5 Å². The summed E-state index contributed by atoms with van der Waals surface area (Å²) in [4.78, 5) is 1.37. The number of nitrogens with one attached hydrogen (secondary N) is 1. The van der Waals surface area contributed by atoms with Gasteiger partial charge in [-0.05, 0) is 36.1 Å². The summed E-state index contributed by atoms with van der Waals surface area (Å²) in [5.41, 5.74) is 2.39. The van der Waals surface area contributed by atoms with Crippen molar-refractivity contribution in [1.82, 2.24) is 5.32 Å². The molecule has 2 heterocycles. The molecule has 0 aliphatic carbocycles. The second-order valence-corrected chi connectivity index (χ2v) is 6.75. The molecule has 1 unspecified atom stereocenters. The maximum absolute atomic E-state index is 6.20. The van der Waals surface area contributed by atoms with Crippen LogP contribution in [0.25, 0.3) is 0 Å². The van der Waals surface area contributed by atoms with E-state index >= 15 is 0 Å². The maximum Gasteiger partial charge on any atom is 0.142 e. The highest BCUT2D eigenvalue weighted by molar-refractivity contribution is 7.10. The van der Waals surface area contributed by atoms with Gasteiger partial charge in [0, 0.05) is 34.5 Å². The van der Waals surface area contributed by atoms with E-state index in [4.69, 9.17) is 27.9 Å². The smallest absolute Gasteiger partial charge is 0.142 e. The standard InChI is InChI=1S/C15H15Cl2NOS/c1-9-3-5-20-14(9)8-18-13-2-4-19-15-11(13)6-10(16)7-12(15)17/h3,5-7,13,18H,2,4,8H2,1H3. The third kappa shape index (κ3) is 2.82. The average Bonchev–Trinajstić information content (AvgIpc) is 2.82. The molecule has 106 valence electrons. The zero-order valence-electron chi connectivity index (χ0n) is 11.1. The molecule has 2 nitrogen and oxygen atoms in total. The molecule has 1 aromatic heterocycles. The summed E-state index contributed by atoms with van der Waals surface area (Å²) >= 11 is 14.1. The summed E-state index contributed by atoms with van der Waals surface area (Å²) in [6.45, 7) is 3.67. The van der Waals surface area contributed by atoms with Gasteiger partial charge in [0.25, 0.3) is 0 Å². The van der Waals surface area contributed by atoms with Crippen molar-refractivity contribution >= 4 is 34.5 Å². The van der Waals surface area contributed by atoms with Crippen molar-refractivity contribution in [2.75, 3.05) is 6.61 Å². The largest absolute Gasteiger partial charge is 0.492 e. The van der Waals surface area contributed by atoms with Crippen molar-refractivity contribution < 1.29 is 4.74 Å². The van der Waals surface area contributed by atoms with E-state index < -0.39 is 0 Å². The van der Waals surface area contributed by atoms with Gasteiger partial charge in [-0.1, -0.05) is 23.2 Å². The highest BCUT2D eigenvalue weighted by atomic mass is 35.5. The Bertz CT molecular complexity index is 626. The molecule has 20 heavy (non-hydrogen) atoms. The van der Waals surface area contributed by atoms with E-state index in [0.717, 1.165) is 24.3 Å². The van der Waals surface area contributed by atoms with E-state index in [1.165, 1.54) is 10.4 Å². The Morgan fingerprint density at radius 2 is 2.25 bits per heavy atom.